The van der Waals surface area contributed by atoms with Crippen molar-refractivity contribution in [3.8, 4) is 11.5 Å². The van der Waals surface area contributed by atoms with Gasteiger partial charge in [-0.25, -0.2) is 4.79 Å². The smallest absolute Gasteiger partial charge is 0.338 e. The molecular weight excluding hydrogens is 370 g/mol. The normalized spacial score (nSPS) is 10.1. The van der Waals surface area contributed by atoms with Crippen molar-refractivity contribution in [2.24, 2.45) is 0 Å². The molecule has 148 valence electrons. The van der Waals surface area contributed by atoms with Gasteiger partial charge in [-0.3, -0.25) is 4.79 Å². The maximum Gasteiger partial charge on any atom is 0.338 e. The van der Waals surface area contributed by atoms with E-state index in [4.69, 9.17) is 14.2 Å². The SMILES string of the molecule is COc1ccc(NC(=O)COC(=O)c2ccc(OCc3ccccc3)cc2)cc1. The summed E-state index contributed by atoms with van der Waals surface area (Å²) in [6, 6.07) is 23.2. The van der Waals surface area contributed by atoms with Gasteiger partial charge < -0.3 is 19.5 Å². The first-order chi connectivity index (χ1) is 14.1. The van der Waals surface area contributed by atoms with Crippen LogP contribution in [0.15, 0.2) is 78.9 Å². The van der Waals surface area contributed by atoms with Crippen LogP contribution in [0.25, 0.3) is 0 Å². The molecule has 29 heavy (non-hydrogen) atoms. The van der Waals surface area contributed by atoms with E-state index < -0.39 is 11.9 Å². The summed E-state index contributed by atoms with van der Waals surface area (Å²) in [4.78, 5) is 24.1. The van der Waals surface area contributed by atoms with Gasteiger partial charge in [0.1, 0.15) is 18.1 Å². The van der Waals surface area contributed by atoms with Gasteiger partial charge in [0.2, 0.25) is 0 Å². The lowest BCUT2D eigenvalue weighted by atomic mass is 10.2. The molecule has 0 heterocycles. The molecule has 3 aromatic carbocycles. The standard InChI is InChI=1S/C23H21NO5/c1-27-20-13-9-19(10-14-20)24-22(25)16-29-23(26)18-7-11-21(12-8-18)28-15-17-5-3-2-4-6-17/h2-14H,15-16H2,1H3,(H,24,25). The Morgan fingerprint density at radius 3 is 2.14 bits per heavy atom. The Morgan fingerprint density at radius 2 is 1.48 bits per heavy atom. The van der Waals surface area contributed by atoms with Gasteiger partial charge in [0.25, 0.3) is 5.91 Å². The van der Waals surface area contributed by atoms with Crippen LogP contribution in [0.2, 0.25) is 0 Å². The van der Waals surface area contributed by atoms with E-state index in [1.165, 1.54) is 0 Å². The maximum atomic E-state index is 12.1. The van der Waals surface area contributed by atoms with Crippen LogP contribution in [0.1, 0.15) is 15.9 Å². The predicted octanol–water partition coefficient (Wildman–Crippen LogP) is 4.07. The number of amides is 1. The van der Waals surface area contributed by atoms with E-state index in [1.807, 2.05) is 30.3 Å². The van der Waals surface area contributed by atoms with Crippen LogP contribution in [0.4, 0.5) is 5.69 Å². The first-order valence-electron chi connectivity index (χ1n) is 9.02. The molecule has 0 radical (unpaired) electrons. The van der Waals surface area contributed by atoms with Gasteiger partial charge >= 0.3 is 5.97 Å². The fourth-order valence-corrected chi connectivity index (χ4v) is 2.51. The number of esters is 1. The monoisotopic (exact) mass is 391 g/mol. The van der Waals surface area contributed by atoms with Crippen LogP contribution in [0, 0.1) is 0 Å². The van der Waals surface area contributed by atoms with Crippen molar-refractivity contribution in [2.75, 3.05) is 19.0 Å². The molecule has 6 nitrogen and oxygen atoms in total. The Morgan fingerprint density at radius 1 is 0.828 bits per heavy atom. The van der Waals surface area contributed by atoms with Gasteiger partial charge in [0.05, 0.1) is 12.7 Å². The highest BCUT2D eigenvalue weighted by Crippen LogP contribution is 2.16. The fraction of sp³-hybridized carbons (Fsp3) is 0.130. The summed E-state index contributed by atoms with van der Waals surface area (Å²) in [7, 11) is 1.56. The fourth-order valence-electron chi connectivity index (χ4n) is 2.51. The molecule has 0 aliphatic rings. The van der Waals surface area contributed by atoms with E-state index >= 15 is 0 Å². The number of benzene rings is 3. The highest BCUT2D eigenvalue weighted by Gasteiger charge is 2.11. The summed E-state index contributed by atoms with van der Waals surface area (Å²) in [6.45, 7) is 0.0628. The third-order valence-corrected chi connectivity index (χ3v) is 4.05. The summed E-state index contributed by atoms with van der Waals surface area (Å²) in [5.41, 5.74) is 1.99. The molecule has 3 aromatic rings. The lowest BCUT2D eigenvalue weighted by Gasteiger charge is -2.09. The number of carbonyl (C=O) groups is 2. The lowest BCUT2D eigenvalue weighted by Crippen LogP contribution is -2.20. The van der Waals surface area contributed by atoms with Crippen molar-refractivity contribution in [1.29, 1.82) is 0 Å². The Labute approximate surface area is 169 Å². The summed E-state index contributed by atoms with van der Waals surface area (Å²) in [6.07, 6.45) is 0. The molecule has 0 saturated heterocycles. The van der Waals surface area contributed by atoms with Crippen LogP contribution in [-0.4, -0.2) is 25.6 Å². The van der Waals surface area contributed by atoms with E-state index in [2.05, 4.69) is 5.32 Å². The average molecular weight is 391 g/mol. The molecule has 0 unspecified atom stereocenters. The van der Waals surface area contributed by atoms with Crippen molar-refractivity contribution < 1.29 is 23.8 Å². The number of hydrogen-bond donors (Lipinski definition) is 1. The maximum absolute atomic E-state index is 12.1. The van der Waals surface area contributed by atoms with Gasteiger partial charge in [0.15, 0.2) is 6.61 Å². The molecule has 3 rings (SSSR count). The Hall–Kier alpha value is -3.80. The lowest BCUT2D eigenvalue weighted by molar-refractivity contribution is -0.119. The summed E-state index contributed by atoms with van der Waals surface area (Å²) in [5.74, 6) is 0.323. The first-order valence-corrected chi connectivity index (χ1v) is 9.02. The zero-order valence-electron chi connectivity index (χ0n) is 16.0. The molecule has 0 aliphatic heterocycles. The highest BCUT2D eigenvalue weighted by atomic mass is 16.5. The van der Waals surface area contributed by atoms with Gasteiger partial charge in [-0.2, -0.15) is 0 Å². The molecule has 0 aliphatic carbocycles. The van der Waals surface area contributed by atoms with Crippen molar-refractivity contribution in [2.45, 2.75) is 6.61 Å². The summed E-state index contributed by atoms with van der Waals surface area (Å²) >= 11 is 0. The minimum absolute atomic E-state index is 0.342. The average Bonchev–Trinajstić information content (AvgIpc) is 2.77. The number of nitrogens with one attached hydrogen (secondary N) is 1. The molecule has 0 atom stereocenters. The molecular formula is C23H21NO5. The second-order valence-electron chi connectivity index (χ2n) is 6.15. The predicted molar refractivity (Wildman–Crippen MR) is 109 cm³/mol. The van der Waals surface area contributed by atoms with Crippen LogP contribution in [-0.2, 0) is 16.1 Å². The van der Waals surface area contributed by atoms with Crippen molar-refractivity contribution in [3.63, 3.8) is 0 Å². The van der Waals surface area contributed by atoms with Gasteiger partial charge in [-0.15, -0.1) is 0 Å². The summed E-state index contributed by atoms with van der Waals surface area (Å²) in [5, 5.41) is 2.65. The largest absolute Gasteiger partial charge is 0.497 e. The highest BCUT2D eigenvalue weighted by molar-refractivity contribution is 5.95. The van der Waals surface area contributed by atoms with Crippen molar-refractivity contribution >= 4 is 17.6 Å². The van der Waals surface area contributed by atoms with E-state index in [0.717, 1.165) is 5.56 Å². The zero-order chi connectivity index (χ0) is 20.5. The molecule has 0 fully saturated rings. The van der Waals surface area contributed by atoms with Gasteiger partial charge in [-0.1, -0.05) is 30.3 Å². The molecule has 0 saturated carbocycles. The summed E-state index contributed by atoms with van der Waals surface area (Å²) < 4.78 is 15.8. The zero-order valence-corrected chi connectivity index (χ0v) is 16.0. The number of ether oxygens (including phenoxy) is 3. The first kappa shape index (κ1) is 19.9. The minimum Gasteiger partial charge on any atom is -0.497 e. The van der Waals surface area contributed by atoms with Gasteiger partial charge in [-0.05, 0) is 54.1 Å². The van der Waals surface area contributed by atoms with Gasteiger partial charge in [0, 0.05) is 5.69 Å². The number of anilines is 1. The number of rotatable bonds is 8. The minimum atomic E-state index is -0.579. The Bertz CT molecular complexity index is 937. The van der Waals surface area contributed by atoms with Crippen LogP contribution in [0.3, 0.4) is 0 Å². The Kier molecular flexibility index (Phi) is 6.84. The third-order valence-electron chi connectivity index (χ3n) is 4.05. The van der Waals surface area contributed by atoms with E-state index in [1.54, 1.807) is 55.6 Å². The van der Waals surface area contributed by atoms with E-state index in [9.17, 15) is 9.59 Å². The topological polar surface area (TPSA) is 73.9 Å². The second kappa shape index (κ2) is 9.94. The van der Waals surface area contributed by atoms with Crippen LogP contribution >= 0.6 is 0 Å². The molecule has 1 N–H and O–H groups in total. The molecule has 1 amide bonds. The van der Waals surface area contributed by atoms with E-state index in [0.29, 0.717) is 29.4 Å². The number of methoxy groups -OCH3 is 1. The molecule has 0 bridgehead atoms. The third kappa shape index (κ3) is 6.10. The van der Waals surface area contributed by atoms with Crippen molar-refractivity contribution in [1.82, 2.24) is 0 Å². The number of hydrogen-bond acceptors (Lipinski definition) is 5. The van der Waals surface area contributed by atoms with E-state index in [-0.39, 0.29) is 6.61 Å². The molecule has 6 heteroatoms. The molecule has 0 aromatic heterocycles. The van der Waals surface area contributed by atoms with Crippen LogP contribution < -0.4 is 14.8 Å². The van der Waals surface area contributed by atoms with Crippen LogP contribution in [0.5, 0.6) is 11.5 Å². The van der Waals surface area contributed by atoms with Crippen molar-refractivity contribution in [3.05, 3.63) is 90.0 Å². The second-order valence-corrected chi connectivity index (χ2v) is 6.15. The Balaban J connectivity index is 1.45. The number of carbonyl (C=O) groups excluding carboxylic acids is 2. The molecule has 0 spiro atoms. The quantitative estimate of drug-likeness (QED) is 0.586.